The lowest BCUT2D eigenvalue weighted by Gasteiger charge is -2.38. The lowest BCUT2D eigenvalue weighted by atomic mass is 9.86. The van der Waals surface area contributed by atoms with Gasteiger partial charge in [0.15, 0.2) is 0 Å². The number of carbonyl (C=O) groups excluding carboxylic acids is 2. The Hall–Kier alpha value is -7.44. The van der Waals surface area contributed by atoms with Gasteiger partial charge >= 0.3 is 11.9 Å². The second kappa shape index (κ2) is 21.7. The van der Waals surface area contributed by atoms with Crippen molar-refractivity contribution in [2.24, 2.45) is 0 Å². The summed E-state index contributed by atoms with van der Waals surface area (Å²) in [6.45, 7) is 12.6. The quantitative estimate of drug-likeness (QED) is 0.0422. The summed E-state index contributed by atoms with van der Waals surface area (Å²) in [6.07, 6.45) is 7.03. The van der Waals surface area contributed by atoms with E-state index in [-0.39, 0.29) is 0 Å². The molecule has 0 aliphatic carbocycles. The third kappa shape index (κ3) is 10.7. The van der Waals surface area contributed by atoms with Crippen molar-refractivity contribution in [1.29, 1.82) is 0 Å². The van der Waals surface area contributed by atoms with Gasteiger partial charge < -0.3 is 44.4 Å². The molecule has 18 heteroatoms. The van der Waals surface area contributed by atoms with E-state index in [2.05, 4.69) is 79.3 Å². The van der Waals surface area contributed by atoms with Crippen LogP contribution in [0.3, 0.4) is 0 Å². The third-order valence-corrected chi connectivity index (χ3v) is 13.6. The van der Waals surface area contributed by atoms with Crippen molar-refractivity contribution in [2.45, 2.75) is 64.8 Å². The molecule has 2 atom stereocenters. The van der Waals surface area contributed by atoms with E-state index in [0.29, 0.717) is 106 Å². The second-order valence-corrected chi connectivity index (χ2v) is 18.1. The predicted octanol–water partition coefficient (Wildman–Crippen LogP) is 7.92. The lowest BCUT2D eigenvalue weighted by Crippen LogP contribution is -2.41. The molecule has 1 fully saturated rings. The van der Waals surface area contributed by atoms with Gasteiger partial charge in [0, 0.05) is 64.0 Å². The predicted molar refractivity (Wildman–Crippen MR) is 275 cm³/mol. The summed E-state index contributed by atoms with van der Waals surface area (Å²) in [4.78, 5) is 66.0. The number of nitrogens with one attached hydrogen (secondary N) is 4. The molecular formula is C53H62N12O6. The smallest absolute Gasteiger partial charge is 0.339 e. The maximum Gasteiger partial charge on any atom is 0.339 e. The number of likely N-dealkylation sites (N-methyl/N-ethyl adjacent to an activating group) is 1. The molecule has 8 aromatic rings. The van der Waals surface area contributed by atoms with Crippen LogP contribution in [0.2, 0.25) is 0 Å². The molecule has 1 aliphatic heterocycles. The average Bonchev–Trinajstić information content (AvgIpc) is 3.96. The van der Waals surface area contributed by atoms with Gasteiger partial charge in [0.25, 0.3) is 0 Å². The number of benzene rings is 2. The molecule has 2 aromatic carbocycles. The van der Waals surface area contributed by atoms with Gasteiger partial charge in [0.1, 0.15) is 57.1 Å². The SMILES string of the molecule is CCN(CC)CCNc1nc(Cc2cc(OC)cc(C3CCC(C)N(CCCNc4nc(Cc5cccc(OC)c5)nc5[nH]c6cc(C(=O)OC)cnc6c45)C3)c2)nc2[nH]c3cc(C(=O)OC)cnc3c12. The van der Waals surface area contributed by atoms with Crippen LogP contribution >= 0.6 is 0 Å². The number of pyridine rings is 2. The Morgan fingerprint density at radius 2 is 1.31 bits per heavy atom. The molecule has 0 amide bonds. The molecule has 18 nitrogen and oxygen atoms in total. The highest BCUT2D eigenvalue weighted by Gasteiger charge is 2.28. The van der Waals surface area contributed by atoms with Crippen molar-refractivity contribution < 1.29 is 28.5 Å². The number of aromatic nitrogens is 8. The molecule has 0 radical (unpaired) electrons. The molecule has 1 saturated heterocycles. The molecular weight excluding hydrogens is 901 g/mol. The summed E-state index contributed by atoms with van der Waals surface area (Å²) in [7, 11) is 6.08. The molecule has 1 aliphatic rings. The zero-order valence-corrected chi connectivity index (χ0v) is 41.5. The number of esters is 2. The number of ether oxygens (including phenoxy) is 4. The van der Waals surface area contributed by atoms with Crippen LogP contribution in [0, 0.1) is 0 Å². The van der Waals surface area contributed by atoms with Crippen LogP contribution in [0.25, 0.3) is 44.1 Å². The average molecular weight is 963 g/mol. The van der Waals surface area contributed by atoms with Crippen LogP contribution in [-0.2, 0) is 22.3 Å². The standard InChI is InChI=1S/C53H62N12O6/c1-8-64(9-2)19-17-55-49-45-47-41(27-37(29-57-47)53(67)71-7)59-51(45)63-43(61-49)24-33-20-35(25-39(22-33)69-5)34-15-14-31(3)65(30-34)18-11-16-54-48-44-46-40(26-36(28-56-46)52(66)70-6)58-50(44)62-42(60-48)23-32-12-10-13-38(21-32)68-4/h10,12-13,20-22,25-29,31,34H,8-9,11,14-19,23-24,30H2,1-7H3,(H2,54,58,60,62)(H2,55,59,61,63). The monoisotopic (exact) mass is 962 g/mol. The Bertz CT molecular complexity index is 3200. The number of carbonyl (C=O) groups is 2. The van der Waals surface area contributed by atoms with Gasteiger partial charge in [-0.1, -0.05) is 32.0 Å². The fourth-order valence-corrected chi connectivity index (χ4v) is 9.70. The van der Waals surface area contributed by atoms with Crippen LogP contribution in [0.15, 0.2) is 67.0 Å². The van der Waals surface area contributed by atoms with Gasteiger partial charge in [-0.2, -0.15) is 0 Å². The number of nitrogens with zero attached hydrogens (tertiary/aromatic N) is 8. The number of anilines is 2. The number of fused-ring (bicyclic) bond motifs is 6. The first-order valence-electron chi connectivity index (χ1n) is 24.4. The van der Waals surface area contributed by atoms with E-state index >= 15 is 0 Å². The van der Waals surface area contributed by atoms with Gasteiger partial charge in [-0.25, -0.2) is 29.5 Å². The molecule has 370 valence electrons. The minimum absolute atomic E-state index is 0.297. The fraction of sp³-hybridized carbons (Fsp3) is 0.396. The first-order chi connectivity index (χ1) is 34.6. The maximum absolute atomic E-state index is 12.4. The van der Waals surface area contributed by atoms with E-state index in [0.717, 1.165) is 85.4 Å². The van der Waals surface area contributed by atoms with Crippen LogP contribution < -0.4 is 20.1 Å². The third-order valence-electron chi connectivity index (χ3n) is 13.6. The lowest BCUT2D eigenvalue weighted by molar-refractivity contribution is 0.0591. The van der Waals surface area contributed by atoms with Crippen LogP contribution in [0.1, 0.15) is 95.0 Å². The number of aromatic amines is 2. The number of methoxy groups -OCH3 is 4. The van der Waals surface area contributed by atoms with Gasteiger partial charge in [-0.15, -0.1) is 0 Å². The summed E-state index contributed by atoms with van der Waals surface area (Å²) in [6, 6.07) is 18.3. The topological polar surface area (TPSA) is 211 Å². The Labute approximate surface area is 412 Å². The molecule has 7 heterocycles. The Morgan fingerprint density at radius 1 is 0.718 bits per heavy atom. The zero-order valence-electron chi connectivity index (χ0n) is 41.5. The number of hydrogen-bond acceptors (Lipinski definition) is 16. The Morgan fingerprint density at radius 3 is 1.90 bits per heavy atom. The van der Waals surface area contributed by atoms with Crippen molar-refractivity contribution in [3.8, 4) is 11.5 Å². The van der Waals surface area contributed by atoms with Crippen molar-refractivity contribution in [2.75, 3.05) is 84.9 Å². The van der Waals surface area contributed by atoms with Gasteiger partial charge in [0.2, 0.25) is 0 Å². The zero-order chi connectivity index (χ0) is 49.6. The summed E-state index contributed by atoms with van der Waals surface area (Å²) >= 11 is 0. The highest BCUT2D eigenvalue weighted by Crippen LogP contribution is 2.35. The van der Waals surface area contributed by atoms with E-state index < -0.39 is 11.9 Å². The molecule has 2 unspecified atom stereocenters. The molecule has 0 bridgehead atoms. The van der Waals surface area contributed by atoms with Gasteiger partial charge in [-0.05, 0) is 98.3 Å². The number of piperidine rings is 1. The molecule has 9 rings (SSSR count). The molecule has 6 aromatic heterocycles. The van der Waals surface area contributed by atoms with E-state index in [9.17, 15) is 9.59 Å². The van der Waals surface area contributed by atoms with Crippen LogP contribution in [-0.4, -0.2) is 142 Å². The summed E-state index contributed by atoms with van der Waals surface area (Å²) in [5, 5.41) is 8.79. The first-order valence-corrected chi connectivity index (χ1v) is 24.4. The summed E-state index contributed by atoms with van der Waals surface area (Å²) < 4.78 is 21.3. The summed E-state index contributed by atoms with van der Waals surface area (Å²) in [5.74, 6) is 3.61. The van der Waals surface area contributed by atoms with Crippen molar-refractivity contribution >= 4 is 67.7 Å². The van der Waals surface area contributed by atoms with E-state index in [1.165, 1.54) is 32.2 Å². The highest BCUT2D eigenvalue weighted by atomic mass is 16.5. The number of hydrogen-bond donors (Lipinski definition) is 4. The normalized spacial score (nSPS) is 15.2. The molecule has 0 spiro atoms. The number of H-pyrrole nitrogens is 2. The summed E-state index contributed by atoms with van der Waals surface area (Å²) in [5.41, 5.74) is 8.00. The minimum Gasteiger partial charge on any atom is -0.497 e. The first kappa shape index (κ1) is 48.6. The maximum atomic E-state index is 12.4. The van der Waals surface area contributed by atoms with Gasteiger partial charge in [0.05, 0.1) is 61.4 Å². The second-order valence-electron chi connectivity index (χ2n) is 18.1. The van der Waals surface area contributed by atoms with Gasteiger partial charge in [-0.3, -0.25) is 14.9 Å². The molecule has 4 N–H and O–H groups in total. The fourth-order valence-electron chi connectivity index (χ4n) is 9.70. The molecule has 0 saturated carbocycles. The Kier molecular flexibility index (Phi) is 14.8. The van der Waals surface area contributed by atoms with Crippen molar-refractivity contribution in [3.05, 3.63) is 106 Å². The van der Waals surface area contributed by atoms with Crippen LogP contribution in [0.4, 0.5) is 11.6 Å². The van der Waals surface area contributed by atoms with E-state index in [4.69, 9.17) is 38.9 Å². The number of likely N-dealkylation sites (tertiary alicyclic amines) is 1. The molecule has 71 heavy (non-hydrogen) atoms. The number of rotatable bonds is 20. The Balaban J connectivity index is 0.924. The van der Waals surface area contributed by atoms with Crippen LogP contribution in [0.5, 0.6) is 11.5 Å². The minimum atomic E-state index is -0.461. The van der Waals surface area contributed by atoms with E-state index in [1.807, 2.05) is 24.3 Å². The largest absolute Gasteiger partial charge is 0.497 e. The highest BCUT2D eigenvalue weighted by molar-refractivity contribution is 6.11. The van der Waals surface area contributed by atoms with Crippen molar-refractivity contribution in [1.82, 2.24) is 49.7 Å². The van der Waals surface area contributed by atoms with Crippen molar-refractivity contribution in [3.63, 3.8) is 0 Å². The van der Waals surface area contributed by atoms with E-state index in [1.54, 1.807) is 26.4 Å².